The van der Waals surface area contributed by atoms with Crippen molar-refractivity contribution in [1.82, 2.24) is 14.7 Å². The first-order chi connectivity index (χ1) is 12.1. The Hall–Kier alpha value is -2.56. The predicted octanol–water partition coefficient (Wildman–Crippen LogP) is 3.21. The van der Waals surface area contributed by atoms with E-state index in [9.17, 15) is 4.79 Å². The Balaban J connectivity index is 1.68. The first-order valence-corrected chi connectivity index (χ1v) is 8.78. The van der Waals surface area contributed by atoms with Crippen molar-refractivity contribution in [3.05, 3.63) is 53.4 Å². The van der Waals surface area contributed by atoms with Gasteiger partial charge in [-0.1, -0.05) is 24.3 Å². The summed E-state index contributed by atoms with van der Waals surface area (Å²) in [7, 11) is 0. The highest BCUT2D eigenvalue weighted by atomic mass is 16.5. The lowest BCUT2D eigenvalue weighted by atomic mass is 9.98. The summed E-state index contributed by atoms with van der Waals surface area (Å²) in [6.45, 7) is 8.23. The van der Waals surface area contributed by atoms with Gasteiger partial charge in [-0.25, -0.2) is 0 Å². The van der Waals surface area contributed by atoms with Crippen LogP contribution < -0.4 is 4.74 Å². The summed E-state index contributed by atoms with van der Waals surface area (Å²) >= 11 is 0. The number of carbonyl (C=O) groups is 1. The van der Waals surface area contributed by atoms with E-state index in [1.54, 1.807) is 4.68 Å². The van der Waals surface area contributed by atoms with Gasteiger partial charge in [0, 0.05) is 24.3 Å². The average molecular weight is 339 g/mol. The second-order valence-corrected chi connectivity index (χ2v) is 6.33. The Bertz CT molecular complexity index is 792. The molecule has 132 valence electrons. The SMILES string of the molecule is CCOc1ccccc1C1=CCN(C(=O)Cn2nc(C)cc2C)CC1. The molecule has 0 fully saturated rings. The van der Waals surface area contributed by atoms with Crippen molar-refractivity contribution < 1.29 is 9.53 Å². The summed E-state index contributed by atoms with van der Waals surface area (Å²) in [5.41, 5.74) is 4.34. The van der Waals surface area contributed by atoms with Gasteiger partial charge in [-0.05, 0) is 44.9 Å². The third-order valence-corrected chi connectivity index (χ3v) is 4.48. The molecule has 1 aliphatic rings. The fourth-order valence-electron chi connectivity index (χ4n) is 3.22. The normalized spacial score (nSPS) is 14.4. The van der Waals surface area contributed by atoms with E-state index >= 15 is 0 Å². The molecule has 5 nitrogen and oxygen atoms in total. The van der Waals surface area contributed by atoms with Crippen molar-refractivity contribution in [3.8, 4) is 5.75 Å². The number of carbonyl (C=O) groups excluding carboxylic acids is 1. The summed E-state index contributed by atoms with van der Waals surface area (Å²) in [5.74, 6) is 1.03. The molecule has 1 aromatic carbocycles. The number of amides is 1. The number of benzene rings is 1. The van der Waals surface area contributed by atoms with Crippen LogP contribution in [-0.2, 0) is 11.3 Å². The average Bonchev–Trinajstić information content (AvgIpc) is 2.93. The van der Waals surface area contributed by atoms with E-state index in [4.69, 9.17) is 4.74 Å². The first-order valence-electron chi connectivity index (χ1n) is 8.78. The molecule has 2 aromatic rings. The molecule has 2 heterocycles. The number of rotatable bonds is 5. The molecule has 25 heavy (non-hydrogen) atoms. The number of ether oxygens (including phenoxy) is 1. The third kappa shape index (κ3) is 3.92. The Kier molecular flexibility index (Phi) is 5.22. The monoisotopic (exact) mass is 339 g/mol. The van der Waals surface area contributed by atoms with E-state index in [1.165, 1.54) is 5.57 Å². The minimum atomic E-state index is 0.111. The number of para-hydroxylation sites is 1. The molecule has 0 bridgehead atoms. The predicted molar refractivity (Wildman–Crippen MR) is 98.5 cm³/mol. The standard InChI is InChI=1S/C20H25N3O2/c1-4-25-19-8-6-5-7-18(19)17-9-11-22(12-10-17)20(24)14-23-16(3)13-15(2)21-23/h5-9,13H,4,10-12,14H2,1-3H3. The quantitative estimate of drug-likeness (QED) is 0.840. The van der Waals surface area contributed by atoms with Crippen molar-refractivity contribution in [2.75, 3.05) is 19.7 Å². The second-order valence-electron chi connectivity index (χ2n) is 6.33. The lowest BCUT2D eigenvalue weighted by Gasteiger charge is -2.27. The molecule has 0 atom stereocenters. The summed E-state index contributed by atoms with van der Waals surface area (Å²) in [6, 6.07) is 10.1. The van der Waals surface area contributed by atoms with Crippen molar-refractivity contribution in [2.24, 2.45) is 0 Å². The maximum Gasteiger partial charge on any atom is 0.244 e. The Labute approximate surface area is 148 Å². The van der Waals surface area contributed by atoms with Crippen molar-refractivity contribution >= 4 is 11.5 Å². The second kappa shape index (κ2) is 7.55. The maximum absolute atomic E-state index is 12.6. The van der Waals surface area contributed by atoms with Gasteiger partial charge in [0.15, 0.2) is 0 Å². The van der Waals surface area contributed by atoms with Gasteiger partial charge < -0.3 is 9.64 Å². The van der Waals surface area contributed by atoms with Crippen LogP contribution in [0.25, 0.3) is 5.57 Å². The summed E-state index contributed by atoms with van der Waals surface area (Å²) in [5, 5.41) is 4.38. The van der Waals surface area contributed by atoms with Gasteiger partial charge in [0.05, 0.1) is 12.3 Å². The van der Waals surface area contributed by atoms with E-state index in [-0.39, 0.29) is 5.91 Å². The maximum atomic E-state index is 12.6. The molecule has 0 saturated heterocycles. The van der Waals surface area contributed by atoms with Crippen molar-refractivity contribution in [1.29, 1.82) is 0 Å². The third-order valence-electron chi connectivity index (χ3n) is 4.48. The van der Waals surface area contributed by atoms with Crippen LogP contribution >= 0.6 is 0 Å². The van der Waals surface area contributed by atoms with E-state index < -0.39 is 0 Å². The molecule has 1 aliphatic heterocycles. The molecule has 5 heteroatoms. The fraction of sp³-hybridized carbons (Fsp3) is 0.400. The largest absolute Gasteiger partial charge is 0.493 e. The summed E-state index contributed by atoms with van der Waals surface area (Å²) < 4.78 is 7.51. The smallest absolute Gasteiger partial charge is 0.244 e. The fourth-order valence-corrected chi connectivity index (χ4v) is 3.22. The minimum absolute atomic E-state index is 0.111. The topological polar surface area (TPSA) is 47.4 Å². The van der Waals surface area contributed by atoms with Crippen LogP contribution in [0, 0.1) is 13.8 Å². The van der Waals surface area contributed by atoms with E-state index in [0.29, 0.717) is 19.7 Å². The van der Waals surface area contributed by atoms with Crippen molar-refractivity contribution in [2.45, 2.75) is 33.7 Å². The molecular weight excluding hydrogens is 314 g/mol. The van der Waals surface area contributed by atoms with Crippen LogP contribution in [0.2, 0.25) is 0 Å². The Morgan fingerprint density at radius 3 is 2.72 bits per heavy atom. The van der Waals surface area contributed by atoms with Crippen LogP contribution in [0.4, 0.5) is 0 Å². The molecule has 0 unspecified atom stereocenters. The van der Waals surface area contributed by atoms with Gasteiger partial charge in [-0.15, -0.1) is 0 Å². The lowest BCUT2D eigenvalue weighted by Crippen LogP contribution is -2.37. The van der Waals surface area contributed by atoms with Crippen LogP contribution in [0.1, 0.15) is 30.3 Å². The molecule has 1 aromatic heterocycles. The van der Waals surface area contributed by atoms with Crippen molar-refractivity contribution in [3.63, 3.8) is 0 Å². The number of nitrogens with zero attached hydrogens (tertiary/aromatic N) is 3. The molecule has 3 rings (SSSR count). The van der Waals surface area contributed by atoms with E-state index in [0.717, 1.165) is 35.7 Å². The van der Waals surface area contributed by atoms with Crippen LogP contribution in [-0.4, -0.2) is 40.3 Å². The molecular formula is C20H25N3O2. The Morgan fingerprint density at radius 1 is 1.28 bits per heavy atom. The molecule has 0 N–H and O–H groups in total. The molecule has 0 radical (unpaired) electrons. The van der Waals surface area contributed by atoms with E-state index in [2.05, 4.69) is 17.2 Å². The van der Waals surface area contributed by atoms with Crippen LogP contribution in [0.3, 0.4) is 0 Å². The van der Waals surface area contributed by atoms with Gasteiger partial charge in [0.2, 0.25) is 5.91 Å². The highest BCUT2D eigenvalue weighted by Gasteiger charge is 2.20. The van der Waals surface area contributed by atoms with Gasteiger partial charge >= 0.3 is 0 Å². The Morgan fingerprint density at radius 2 is 2.08 bits per heavy atom. The zero-order chi connectivity index (χ0) is 17.8. The number of hydrogen-bond donors (Lipinski definition) is 0. The van der Waals surface area contributed by atoms with Gasteiger partial charge in [-0.2, -0.15) is 5.10 Å². The molecule has 1 amide bonds. The number of hydrogen-bond acceptors (Lipinski definition) is 3. The summed E-state index contributed by atoms with van der Waals surface area (Å²) in [6.07, 6.45) is 2.98. The van der Waals surface area contributed by atoms with Gasteiger partial charge in [0.25, 0.3) is 0 Å². The highest BCUT2D eigenvalue weighted by Crippen LogP contribution is 2.30. The molecule has 0 spiro atoms. The van der Waals surface area contributed by atoms with Gasteiger partial charge in [0.1, 0.15) is 12.3 Å². The van der Waals surface area contributed by atoms with E-state index in [1.807, 2.05) is 49.9 Å². The lowest BCUT2D eigenvalue weighted by molar-refractivity contribution is -0.131. The van der Waals surface area contributed by atoms with Gasteiger partial charge in [-0.3, -0.25) is 9.48 Å². The summed E-state index contributed by atoms with van der Waals surface area (Å²) in [4.78, 5) is 14.4. The minimum Gasteiger partial charge on any atom is -0.493 e. The molecule has 0 saturated carbocycles. The zero-order valence-corrected chi connectivity index (χ0v) is 15.2. The highest BCUT2D eigenvalue weighted by molar-refractivity contribution is 5.79. The zero-order valence-electron chi connectivity index (χ0n) is 15.2. The molecule has 0 aliphatic carbocycles. The van der Waals surface area contributed by atoms with Crippen LogP contribution in [0.5, 0.6) is 5.75 Å². The number of aromatic nitrogens is 2. The number of aryl methyl sites for hydroxylation is 2. The first kappa shape index (κ1) is 17.3. The van der Waals surface area contributed by atoms with Crippen LogP contribution in [0.15, 0.2) is 36.4 Å².